The normalized spacial score (nSPS) is 15.7. The molecule has 174 valence electrons. The monoisotopic (exact) mass is 502 g/mol. The molecule has 1 atom stereocenters. The highest BCUT2D eigenvalue weighted by molar-refractivity contribution is 8.00. The zero-order chi connectivity index (χ0) is 23.4. The maximum atomic E-state index is 12.5. The Hall–Kier alpha value is -2.40. The third-order valence-corrected chi connectivity index (χ3v) is 8.60. The molecule has 4 rings (SSSR count). The number of thioether (sulfide) groups is 1. The van der Waals surface area contributed by atoms with Crippen molar-refractivity contribution in [3.05, 3.63) is 40.6 Å². The van der Waals surface area contributed by atoms with Gasteiger partial charge < -0.3 is 20.1 Å². The first-order valence-electron chi connectivity index (χ1n) is 10.5. The average molecular weight is 503 g/mol. The Balaban J connectivity index is 1.43. The first-order chi connectivity index (χ1) is 16.0. The summed E-state index contributed by atoms with van der Waals surface area (Å²) in [5.74, 6) is 1.11. The number of amidine groups is 1. The molecule has 0 radical (unpaired) electrons. The number of likely N-dealkylation sites (tertiary alicyclic amines) is 1. The van der Waals surface area contributed by atoms with Crippen LogP contribution in [0.2, 0.25) is 0 Å². The lowest BCUT2D eigenvalue weighted by Gasteiger charge is -2.17. The van der Waals surface area contributed by atoms with Crippen LogP contribution in [0, 0.1) is 11.3 Å². The lowest BCUT2D eigenvalue weighted by atomic mass is 10.1. The summed E-state index contributed by atoms with van der Waals surface area (Å²) in [5, 5.41) is 10.6. The minimum Gasteiger partial charge on any atom is -0.484 e. The lowest BCUT2D eigenvalue weighted by Crippen LogP contribution is -2.33. The molecule has 1 amide bonds. The van der Waals surface area contributed by atoms with Gasteiger partial charge in [-0.15, -0.1) is 34.4 Å². The van der Waals surface area contributed by atoms with E-state index in [0.717, 1.165) is 50.4 Å². The van der Waals surface area contributed by atoms with E-state index in [-0.39, 0.29) is 18.3 Å². The Morgan fingerprint density at radius 1 is 1.39 bits per heavy atom. The third-order valence-electron chi connectivity index (χ3n) is 5.42. The van der Waals surface area contributed by atoms with E-state index in [4.69, 9.17) is 25.6 Å². The van der Waals surface area contributed by atoms with Gasteiger partial charge in [0.25, 0.3) is 5.91 Å². The Morgan fingerprint density at radius 3 is 3.00 bits per heavy atom. The largest absolute Gasteiger partial charge is 0.484 e. The average Bonchev–Trinajstić information content (AvgIpc) is 3.57. The smallest absolute Gasteiger partial charge is 0.260 e. The van der Waals surface area contributed by atoms with Crippen LogP contribution in [-0.4, -0.2) is 61.3 Å². The number of thiophene rings is 1. The zero-order valence-electron chi connectivity index (χ0n) is 18.5. The summed E-state index contributed by atoms with van der Waals surface area (Å²) in [6.45, 7) is 2.18. The van der Waals surface area contributed by atoms with Crippen molar-refractivity contribution in [3.8, 4) is 27.6 Å². The van der Waals surface area contributed by atoms with Crippen LogP contribution in [0.15, 0.2) is 39.9 Å². The number of carbonyl (C=O) groups is 1. The summed E-state index contributed by atoms with van der Waals surface area (Å²) in [6, 6.07) is 9.58. The number of benzene rings is 1. The topological polar surface area (TPSA) is 102 Å². The fraction of sp³-hybridized carbons (Fsp3) is 0.348. The van der Waals surface area contributed by atoms with Gasteiger partial charge in [0.15, 0.2) is 6.61 Å². The van der Waals surface area contributed by atoms with E-state index < -0.39 is 0 Å². The number of nitrogens with one attached hydrogen (secondary N) is 1. The van der Waals surface area contributed by atoms with E-state index in [9.17, 15) is 4.79 Å². The van der Waals surface area contributed by atoms with Crippen molar-refractivity contribution in [1.82, 2.24) is 9.88 Å². The molecule has 3 heterocycles. The van der Waals surface area contributed by atoms with Gasteiger partial charge in [-0.05, 0) is 30.9 Å². The second kappa shape index (κ2) is 10.7. The second-order valence-corrected chi connectivity index (χ2v) is 10.7. The molecule has 1 aromatic carbocycles. The summed E-state index contributed by atoms with van der Waals surface area (Å²) in [7, 11) is 1.69. The minimum atomic E-state index is -0.00159. The Bertz CT molecular complexity index is 1140. The SMILES string of the molecule is COC[C@@H]1CCN(C(=O)COc2cccc(-c3csc(-c4cc(C(=N)N)sc4SC)n3)c2)C1. The highest BCUT2D eigenvalue weighted by Crippen LogP contribution is 2.40. The van der Waals surface area contributed by atoms with Crippen LogP contribution in [0.1, 0.15) is 11.3 Å². The van der Waals surface area contributed by atoms with Crippen LogP contribution in [0.5, 0.6) is 5.75 Å². The Kier molecular flexibility index (Phi) is 7.69. The molecule has 1 aliphatic rings. The van der Waals surface area contributed by atoms with Gasteiger partial charge in [0.2, 0.25) is 0 Å². The number of hydrogen-bond donors (Lipinski definition) is 2. The quantitative estimate of drug-likeness (QED) is 0.255. The van der Waals surface area contributed by atoms with Gasteiger partial charge >= 0.3 is 0 Å². The molecule has 3 N–H and O–H groups in total. The Labute approximate surface area is 205 Å². The molecule has 0 unspecified atom stereocenters. The number of ether oxygens (including phenoxy) is 2. The Morgan fingerprint density at radius 2 is 2.24 bits per heavy atom. The van der Waals surface area contributed by atoms with Gasteiger partial charge in [0, 0.05) is 42.6 Å². The first kappa shape index (κ1) is 23.7. The van der Waals surface area contributed by atoms with E-state index in [1.807, 2.05) is 46.9 Å². The summed E-state index contributed by atoms with van der Waals surface area (Å²) in [4.78, 5) is 19.9. The minimum absolute atomic E-state index is 0.00159. The maximum absolute atomic E-state index is 12.5. The van der Waals surface area contributed by atoms with Crippen molar-refractivity contribution in [2.75, 3.05) is 39.7 Å². The van der Waals surface area contributed by atoms with Crippen molar-refractivity contribution in [2.24, 2.45) is 11.7 Å². The van der Waals surface area contributed by atoms with Crippen molar-refractivity contribution < 1.29 is 14.3 Å². The number of amides is 1. The molecule has 2 aromatic heterocycles. The third kappa shape index (κ3) is 5.57. The van der Waals surface area contributed by atoms with Crippen molar-refractivity contribution in [1.29, 1.82) is 5.41 Å². The molecule has 0 bridgehead atoms. The van der Waals surface area contributed by atoms with Gasteiger partial charge in [0.1, 0.15) is 16.6 Å². The van der Waals surface area contributed by atoms with Crippen molar-refractivity contribution in [2.45, 2.75) is 10.6 Å². The highest BCUT2D eigenvalue weighted by Gasteiger charge is 2.26. The summed E-state index contributed by atoms with van der Waals surface area (Å²) < 4.78 is 12.1. The van der Waals surface area contributed by atoms with E-state index in [0.29, 0.717) is 18.3 Å². The number of aromatic nitrogens is 1. The number of carbonyl (C=O) groups excluding carboxylic acids is 1. The number of thiazole rings is 1. The van der Waals surface area contributed by atoms with Crippen molar-refractivity contribution >= 4 is 46.2 Å². The molecular formula is C23H26N4O3S3. The molecule has 33 heavy (non-hydrogen) atoms. The molecule has 0 aliphatic carbocycles. The highest BCUT2D eigenvalue weighted by atomic mass is 32.2. The summed E-state index contributed by atoms with van der Waals surface area (Å²) >= 11 is 4.69. The van der Waals surface area contributed by atoms with Gasteiger partial charge in [-0.2, -0.15) is 0 Å². The zero-order valence-corrected chi connectivity index (χ0v) is 20.9. The number of nitrogen functional groups attached to an aromatic ring is 1. The molecule has 7 nitrogen and oxygen atoms in total. The fourth-order valence-corrected chi connectivity index (χ4v) is 6.46. The molecule has 0 spiro atoms. The fourth-order valence-electron chi connectivity index (χ4n) is 3.75. The van der Waals surface area contributed by atoms with E-state index >= 15 is 0 Å². The molecule has 1 saturated heterocycles. The number of hydrogen-bond acceptors (Lipinski definition) is 8. The first-order valence-corrected chi connectivity index (χ1v) is 13.4. The molecule has 10 heteroatoms. The molecular weight excluding hydrogens is 476 g/mol. The maximum Gasteiger partial charge on any atom is 0.260 e. The molecule has 0 saturated carbocycles. The summed E-state index contributed by atoms with van der Waals surface area (Å²) in [6.07, 6.45) is 2.98. The number of methoxy groups -OCH3 is 1. The van der Waals surface area contributed by atoms with E-state index in [1.54, 1.807) is 30.2 Å². The van der Waals surface area contributed by atoms with Crippen LogP contribution < -0.4 is 10.5 Å². The standard InChI is InChI=1S/C23H26N4O3S3/c1-29-11-14-6-7-27(10-14)20(28)12-30-16-5-3-4-15(8-16)18-13-32-22(26-18)17-9-19(21(24)25)33-23(17)31-2/h3-5,8-9,13-14H,6-7,10-12H2,1-2H3,(H3,24,25)/t14-/m1/s1. The van der Waals surface area contributed by atoms with Gasteiger partial charge in [-0.25, -0.2) is 4.98 Å². The van der Waals surface area contributed by atoms with Crippen LogP contribution in [-0.2, 0) is 9.53 Å². The number of nitrogens with zero attached hydrogens (tertiary/aromatic N) is 2. The van der Waals surface area contributed by atoms with Crippen LogP contribution in [0.25, 0.3) is 21.8 Å². The van der Waals surface area contributed by atoms with Gasteiger partial charge in [0.05, 0.1) is 21.4 Å². The molecule has 3 aromatic rings. The van der Waals surface area contributed by atoms with E-state index in [2.05, 4.69) is 0 Å². The predicted octanol–water partition coefficient (Wildman–Crippen LogP) is 4.42. The number of rotatable bonds is 9. The number of nitrogens with two attached hydrogens (primary N) is 1. The van der Waals surface area contributed by atoms with Crippen LogP contribution >= 0.6 is 34.4 Å². The lowest BCUT2D eigenvalue weighted by molar-refractivity contribution is -0.132. The molecule has 1 aliphatic heterocycles. The van der Waals surface area contributed by atoms with Crippen LogP contribution in [0.3, 0.4) is 0 Å². The van der Waals surface area contributed by atoms with Crippen LogP contribution in [0.4, 0.5) is 0 Å². The van der Waals surface area contributed by atoms with E-state index in [1.165, 1.54) is 11.3 Å². The second-order valence-electron chi connectivity index (χ2n) is 7.73. The molecule has 1 fully saturated rings. The van der Waals surface area contributed by atoms with Crippen molar-refractivity contribution in [3.63, 3.8) is 0 Å². The predicted molar refractivity (Wildman–Crippen MR) is 136 cm³/mol. The van der Waals surface area contributed by atoms with Gasteiger partial charge in [-0.3, -0.25) is 10.2 Å². The summed E-state index contributed by atoms with van der Waals surface area (Å²) in [5.41, 5.74) is 8.45. The van der Waals surface area contributed by atoms with Gasteiger partial charge in [-0.1, -0.05) is 12.1 Å².